The van der Waals surface area contributed by atoms with Gasteiger partial charge in [0.05, 0.1) is 0 Å². The van der Waals surface area contributed by atoms with Crippen LogP contribution < -0.4 is 0 Å². The van der Waals surface area contributed by atoms with Crippen molar-refractivity contribution in [2.45, 2.75) is 57.4 Å². The molecule has 1 saturated heterocycles. The van der Waals surface area contributed by atoms with Crippen LogP contribution in [-0.2, 0) is 0 Å². The van der Waals surface area contributed by atoms with Gasteiger partial charge in [-0.2, -0.15) is 0 Å². The smallest absolute Gasteiger partial charge is 0.113 e. The lowest BCUT2D eigenvalue weighted by Gasteiger charge is -2.40. The lowest BCUT2D eigenvalue weighted by molar-refractivity contribution is 0.0307. The van der Waals surface area contributed by atoms with Crippen LogP contribution in [0.1, 0.15) is 56.3 Å². The molecule has 0 aliphatic carbocycles. The molecule has 0 spiro atoms. The van der Waals surface area contributed by atoms with Crippen LogP contribution in [0.5, 0.6) is 0 Å². The van der Waals surface area contributed by atoms with Crippen molar-refractivity contribution >= 4 is 0 Å². The Morgan fingerprint density at radius 2 is 1.65 bits per heavy atom. The maximum absolute atomic E-state index is 13.6. The molecule has 1 nitrogen and oxygen atoms in total. The molecule has 1 fully saturated rings. The van der Waals surface area contributed by atoms with Gasteiger partial charge in [-0.05, 0) is 44.2 Å². The van der Waals surface area contributed by atoms with Crippen LogP contribution in [-0.4, -0.2) is 17.1 Å². The van der Waals surface area contributed by atoms with Crippen LogP contribution in [0.15, 0.2) is 24.3 Å². The third-order valence-electron chi connectivity index (χ3n) is 4.52. The number of benzene rings is 1. The predicted molar refractivity (Wildman–Crippen MR) is 67.6 cm³/mol. The summed E-state index contributed by atoms with van der Waals surface area (Å²) < 4.78 is 13.6. The van der Waals surface area contributed by atoms with Crippen molar-refractivity contribution in [3.05, 3.63) is 35.4 Å². The first-order valence-corrected chi connectivity index (χ1v) is 6.70. The third-order valence-corrected chi connectivity index (χ3v) is 4.52. The van der Waals surface area contributed by atoms with E-state index in [1.54, 1.807) is 6.92 Å². The topological polar surface area (TPSA) is 3.24 Å². The van der Waals surface area contributed by atoms with Crippen LogP contribution in [0.4, 0.5) is 4.39 Å². The highest BCUT2D eigenvalue weighted by Gasteiger charge is 2.43. The highest BCUT2D eigenvalue weighted by atomic mass is 19.1. The van der Waals surface area contributed by atoms with E-state index in [-0.39, 0.29) is 6.04 Å². The maximum Gasteiger partial charge on any atom is 0.113 e. The quantitative estimate of drug-likeness (QED) is 0.746. The largest absolute Gasteiger partial charge is 0.284 e. The Bertz CT molecular complexity index is 384. The van der Waals surface area contributed by atoms with Gasteiger partial charge in [-0.1, -0.05) is 24.3 Å². The molecule has 92 valence electrons. The molecule has 0 aromatic heterocycles. The summed E-state index contributed by atoms with van der Waals surface area (Å²) in [4.78, 5) is 2.42. The van der Waals surface area contributed by atoms with E-state index in [9.17, 15) is 4.39 Å². The molecule has 2 aliphatic rings. The van der Waals surface area contributed by atoms with E-state index < -0.39 is 6.17 Å². The van der Waals surface area contributed by atoms with Gasteiger partial charge in [0.2, 0.25) is 0 Å². The van der Waals surface area contributed by atoms with Crippen LogP contribution >= 0.6 is 0 Å². The van der Waals surface area contributed by atoms with Gasteiger partial charge in [0.1, 0.15) is 6.17 Å². The number of fused-ring (bicyclic) bond motifs is 5. The molecular formula is C15H20FN. The Kier molecular flexibility index (Phi) is 2.70. The summed E-state index contributed by atoms with van der Waals surface area (Å²) in [6.07, 6.45) is 2.88. The summed E-state index contributed by atoms with van der Waals surface area (Å²) in [6, 6.07) is 9.62. The zero-order chi connectivity index (χ0) is 12.0. The summed E-state index contributed by atoms with van der Waals surface area (Å²) in [7, 11) is 0. The van der Waals surface area contributed by atoms with Crippen LogP contribution in [0, 0.1) is 0 Å². The van der Waals surface area contributed by atoms with Gasteiger partial charge >= 0.3 is 0 Å². The Morgan fingerprint density at radius 3 is 2.12 bits per heavy atom. The molecule has 1 aromatic carbocycles. The number of piperidine rings is 1. The Hall–Kier alpha value is -0.890. The molecular weight excluding hydrogens is 213 g/mol. The zero-order valence-corrected chi connectivity index (χ0v) is 10.6. The van der Waals surface area contributed by atoms with Crippen LogP contribution in [0.2, 0.25) is 0 Å². The molecule has 0 radical (unpaired) electrons. The molecule has 0 saturated carbocycles. The second kappa shape index (κ2) is 4.09. The minimum atomic E-state index is -0.757. The predicted octanol–water partition coefficient (Wildman–Crippen LogP) is 4.01. The molecule has 4 atom stereocenters. The first kappa shape index (κ1) is 11.2. The molecule has 2 heterocycles. The van der Waals surface area contributed by atoms with E-state index in [0.717, 1.165) is 0 Å². The highest BCUT2D eigenvalue weighted by molar-refractivity contribution is 5.38. The second-order valence-corrected chi connectivity index (χ2v) is 5.46. The fourth-order valence-corrected chi connectivity index (χ4v) is 3.57. The van der Waals surface area contributed by atoms with Crippen molar-refractivity contribution in [3.8, 4) is 0 Å². The summed E-state index contributed by atoms with van der Waals surface area (Å²) >= 11 is 0. The summed E-state index contributed by atoms with van der Waals surface area (Å²) in [5, 5.41) is 0. The number of halogens is 1. The molecule has 2 bridgehead atoms. The SMILES string of the molecule is CC([C@@H](C)F)N1C2CCCC1c1ccccc12. The number of alkyl halides is 1. The minimum absolute atomic E-state index is 0.0256. The average molecular weight is 233 g/mol. The van der Waals surface area contributed by atoms with Gasteiger partial charge in [0.25, 0.3) is 0 Å². The Morgan fingerprint density at radius 1 is 1.12 bits per heavy atom. The van der Waals surface area contributed by atoms with Gasteiger partial charge in [-0.15, -0.1) is 0 Å². The van der Waals surface area contributed by atoms with E-state index in [0.29, 0.717) is 12.1 Å². The minimum Gasteiger partial charge on any atom is -0.284 e. The van der Waals surface area contributed by atoms with E-state index in [1.807, 2.05) is 6.92 Å². The molecule has 0 amide bonds. The van der Waals surface area contributed by atoms with Crippen molar-refractivity contribution < 1.29 is 4.39 Å². The van der Waals surface area contributed by atoms with Crippen molar-refractivity contribution in [2.24, 2.45) is 0 Å². The first-order valence-electron chi connectivity index (χ1n) is 6.70. The number of hydrogen-bond acceptors (Lipinski definition) is 1. The Labute approximate surface area is 103 Å². The number of rotatable bonds is 2. The molecule has 2 aliphatic heterocycles. The van der Waals surface area contributed by atoms with E-state index in [2.05, 4.69) is 29.2 Å². The lowest BCUT2D eigenvalue weighted by Crippen LogP contribution is -2.41. The molecule has 0 N–H and O–H groups in total. The number of hydrogen-bond donors (Lipinski definition) is 0. The van der Waals surface area contributed by atoms with E-state index >= 15 is 0 Å². The maximum atomic E-state index is 13.6. The first-order chi connectivity index (χ1) is 8.20. The fourth-order valence-electron chi connectivity index (χ4n) is 3.57. The van der Waals surface area contributed by atoms with Crippen molar-refractivity contribution in [2.75, 3.05) is 0 Å². The fraction of sp³-hybridized carbons (Fsp3) is 0.600. The van der Waals surface area contributed by atoms with E-state index in [4.69, 9.17) is 0 Å². The molecule has 1 aromatic rings. The molecule has 3 unspecified atom stereocenters. The monoisotopic (exact) mass is 233 g/mol. The van der Waals surface area contributed by atoms with Crippen LogP contribution in [0.3, 0.4) is 0 Å². The Balaban J connectivity index is 2.01. The molecule has 3 rings (SSSR count). The number of nitrogens with zero attached hydrogens (tertiary/aromatic N) is 1. The van der Waals surface area contributed by atoms with Gasteiger partial charge in [0, 0.05) is 18.1 Å². The van der Waals surface area contributed by atoms with Crippen LogP contribution in [0.25, 0.3) is 0 Å². The highest BCUT2D eigenvalue weighted by Crippen LogP contribution is 2.51. The van der Waals surface area contributed by atoms with Crippen molar-refractivity contribution in [1.29, 1.82) is 0 Å². The van der Waals surface area contributed by atoms with Gasteiger partial charge in [0.15, 0.2) is 0 Å². The van der Waals surface area contributed by atoms with E-state index in [1.165, 1.54) is 30.4 Å². The summed E-state index contributed by atoms with van der Waals surface area (Å²) in [5.41, 5.74) is 2.89. The van der Waals surface area contributed by atoms with Gasteiger partial charge in [-0.25, -0.2) is 4.39 Å². The lowest BCUT2D eigenvalue weighted by atomic mass is 9.97. The second-order valence-electron chi connectivity index (χ2n) is 5.46. The standard InChI is InChI=1S/C15H20FN/c1-10(16)11(2)17-14-8-5-9-15(17)13-7-4-3-6-12(13)14/h3-4,6-7,10-11,14-15H,5,8-9H2,1-2H3/t10-,11?,14?,15?/m1/s1. The summed E-state index contributed by atoms with van der Waals surface area (Å²) in [6.45, 7) is 3.71. The van der Waals surface area contributed by atoms with Crippen molar-refractivity contribution in [3.63, 3.8) is 0 Å². The van der Waals surface area contributed by atoms with Gasteiger partial charge < -0.3 is 0 Å². The van der Waals surface area contributed by atoms with Gasteiger partial charge in [-0.3, -0.25) is 4.90 Å². The van der Waals surface area contributed by atoms with Crippen molar-refractivity contribution in [1.82, 2.24) is 4.90 Å². The summed E-state index contributed by atoms with van der Waals surface area (Å²) in [5.74, 6) is 0. The normalized spacial score (nSPS) is 31.0. The average Bonchev–Trinajstić information content (AvgIpc) is 2.53. The molecule has 2 heteroatoms. The third kappa shape index (κ3) is 1.61. The molecule has 17 heavy (non-hydrogen) atoms. The zero-order valence-electron chi connectivity index (χ0n) is 10.6.